The lowest BCUT2D eigenvalue weighted by molar-refractivity contribution is -0.139. The predicted molar refractivity (Wildman–Crippen MR) is 84.0 cm³/mol. The van der Waals surface area contributed by atoms with Crippen LogP contribution in [0.5, 0.6) is 11.5 Å². The maximum Gasteiger partial charge on any atom is 0.320 e. The number of aliphatic hydroxyl groups excluding tert-OH is 1. The number of aromatic hydroxyl groups is 2. The van der Waals surface area contributed by atoms with E-state index in [0.717, 1.165) is 12.0 Å². The number of phenolic OH excluding ortho intramolecular Hbond substituents is 2. The summed E-state index contributed by atoms with van der Waals surface area (Å²) in [6.07, 6.45) is 1.89. The van der Waals surface area contributed by atoms with Crippen molar-refractivity contribution in [1.29, 1.82) is 0 Å². The Kier molecular flexibility index (Phi) is 10.8. The van der Waals surface area contributed by atoms with Gasteiger partial charge in [0.25, 0.3) is 0 Å². The Morgan fingerprint density at radius 3 is 2.45 bits per heavy atom. The molecule has 0 bridgehead atoms. The fraction of sp³-hybridized carbons (Fsp3) is 0.533. The number of carboxylic acids is 1. The first-order valence-corrected chi connectivity index (χ1v) is 7.24. The van der Waals surface area contributed by atoms with E-state index in [-0.39, 0.29) is 24.5 Å². The number of rotatable bonds is 8. The standard InChI is InChI=1S/C8H11NO2.C7H15NO3/c9-4-3-6-1-2-7(10)8(11)5-6;1-2-4-8-6(3-5-9)7(10)11/h1-2,5,10-11H,3-4,9H2;6,8-9H,2-5H2,1H3,(H,10,11). The van der Waals surface area contributed by atoms with Crippen molar-refractivity contribution < 1.29 is 25.2 Å². The molecule has 0 spiro atoms. The Balaban J connectivity index is 0.000000401. The molecule has 1 aromatic carbocycles. The van der Waals surface area contributed by atoms with Crippen LogP contribution < -0.4 is 11.1 Å². The monoisotopic (exact) mass is 314 g/mol. The zero-order chi connectivity index (χ0) is 17.0. The highest BCUT2D eigenvalue weighted by atomic mass is 16.4. The van der Waals surface area contributed by atoms with Crippen molar-refractivity contribution in [2.24, 2.45) is 5.73 Å². The number of benzene rings is 1. The summed E-state index contributed by atoms with van der Waals surface area (Å²) >= 11 is 0. The maximum atomic E-state index is 10.4. The number of nitrogens with two attached hydrogens (primary N) is 1. The Morgan fingerprint density at radius 1 is 1.32 bits per heavy atom. The third-order valence-electron chi connectivity index (χ3n) is 2.83. The molecular formula is C15H26N2O5. The predicted octanol–water partition coefficient (Wildman–Crippen LogP) is 0.421. The van der Waals surface area contributed by atoms with Crippen LogP contribution in [0, 0.1) is 0 Å². The average Bonchev–Trinajstić information content (AvgIpc) is 2.48. The minimum Gasteiger partial charge on any atom is -0.504 e. The zero-order valence-electron chi connectivity index (χ0n) is 12.8. The van der Waals surface area contributed by atoms with Gasteiger partial charge in [-0.3, -0.25) is 4.79 Å². The average molecular weight is 314 g/mol. The maximum absolute atomic E-state index is 10.4. The van der Waals surface area contributed by atoms with E-state index in [1.54, 1.807) is 6.07 Å². The molecule has 22 heavy (non-hydrogen) atoms. The normalized spacial score (nSPS) is 11.4. The molecule has 0 saturated heterocycles. The molecule has 1 atom stereocenters. The van der Waals surface area contributed by atoms with Crippen LogP contribution in [0.3, 0.4) is 0 Å². The highest BCUT2D eigenvalue weighted by Crippen LogP contribution is 2.24. The summed E-state index contributed by atoms with van der Waals surface area (Å²) in [5, 5.41) is 37.8. The highest BCUT2D eigenvalue weighted by molar-refractivity contribution is 5.73. The lowest BCUT2D eigenvalue weighted by atomic mass is 10.1. The molecule has 7 N–H and O–H groups in total. The zero-order valence-corrected chi connectivity index (χ0v) is 12.8. The van der Waals surface area contributed by atoms with Gasteiger partial charge in [-0.15, -0.1) is 0 Å². The lowest BCUT2D eigenvalue weighted by Gasteiger charge is -2.11. The molecule has 1 unspecified atom stereocenters. The molecule has 1 aromatic rings. The molecular weight excluding hydrogens is 288 g/mol. The SMILES string of the molecule is CCCNC(CCO)C(=O)O.NCCc1ccc(O)c(O)c1. The van der Waals surface area contributed by atoms with Crippen molar-refractivity contribution in [2.75, 3.05) is 19.7 Å². The van der Waals surface area contributed by atoms with Crippen LogP contribution >= 0.6 is 0 Å². The largest absolute Gasteiger partial charge is 0.504 e. The van der Waals surface area contributed by atoms with Gasteiger partial charge in [0.15, 0.2) is 11.5 Å². The molecule has 0 saturated carbocycles. The second kappa shape index (κ2) is 11.8. The number of carboxylic acid groups (broad SMARTS) is 1. The van der Waals surface area contributed by atoms with Crippen LogP contribution in [0.2, 0.25) is 0 Å². The minimum absolute atomic E-state index is 0.0871. The van der Waals surface area contributed by atoms with E-state index in [9.17, 15) is 4.79 Å². The van der Waals surface area contributed by atoms with Gasteiger partial charge >= 0.3 is 5.97 Å². The van der Waals surface area contributed by atoms with Gasteiger partial charge in [0.1, 0.15) is 6.04 Å². The first-order valence-electron chi connectivity index (χ1n) is 7.24. The van der Waals surface area contributed by atoms with E-state index in [1.165, 1.54) is 12.1 Å². The van der Waals surface area contributed by atoms with Gasteiger partial charge in [0.2, 0.25) is 0 Å². The molecule has 7 heteroatoms. The Bertz CT molecular complexity index is 440. The first kappa shape index (κ1) is 20.2. The second-order valence-corrected chi connectivity index (χ2v) is 4.72. The molecule has 0 radical (unpaired) electrons. The molecule has 0 amide bonds. The summed E-state index contributed by atoms with van der Waals surface area (Å²) < 4.78 is 0. The fourth-order valence-electron chi connectivity index (χ4n) is 1.65. The molecule has 0 fully saturated rings. The third-order valence-corrected chi connectivity index (χ3v) is 2.83. The summed E-state index contributed by atoms with van der Waals surface area (Å²) in [5.74, 6) is -1.07. The minimum atomic E-state index is -0.896. The van der Waals surface area contributed by atoms with Crippen molar-refractivity contribution in [3.05, 3.63) is 23.8 Å². The number of aliphatic carboxylic acids is 1. The van der Waals surface area contributed by atoms with Crippen molar-refractivity contribution in [3.8, 4) is 11.5 Å². The molecule has 0 heterocycles. The lowest BCUT2D eigenvalue weighted by Crippen LogP contribution is -2.37. The molecule has 0 aliphatic rings. The molecule has 7 nitrogen and oxygen atoms in total. The highest BCUT2D eigenvalue weighted by Gasteiger charge is 2.14. The van der Waals surface area contributed by atoms with E-state index in [1.807, 2.05) is 6.92 Å². The topological polar surface area (TPSA) is 136 Å². The van der Waals surface area contributed by atoms with Crippen LogP contribution in [0.25, 0.3) is 0 Å². The van der Waals surface area contributed by atoms with Crippen LogP contribution in [-0.4, -0.2) is 52.1 Å². The van der Waals surface area contributed by atoms with Crippen molar-refractivity contribution in [3.63, 3.8) is 0 Å². The summed E-state index contributed by atoms with van der Waals surface area (Å²) in [6.45, 7) is 3.10. The van der Waals surface area contributed by atoms with E-state index in [2.05, 4.69) is 5.32 Å². The summed E-state index contributed by atoms with van der Waals surface area (Å²) in [4.78, 5) is 10.4. The summed E-state index contributed by atoms with van der Waals surface area (Å²) in [5.41, 5.74) is 6.24. The second-order valence-electron chi connectivity index (χ2n) is 4.72. The number of carbonyl (C=O) groups is 1. The third kappa shape index (κ3) is 8.46. The first-order chi connectivity index (χ1) is 10.5. The van der Waals surface area contributed by atoms with E-state index in [4.69, 9.17) is 26.2 Å². The number of hydrogen-bond acceptors (Lipinski definition) is 6. The quantitative estimate of drug-likeness (QED) is 0.383. The van der Waals surface area contributed by atoms with Gasteiger partial charge in [-0.2, -0.15) is 0 Å². The van der Waals surface area contributed by atoms with Gasteiger partial charge in [-0.25, -0.2) is 0 Å². The number of hydrogen-bond donors (Lipinski definition) is 6. The number of phenols is 2. The number of aliphatic hydroxyl groups is 1. The Labute approximate surface area is 130 Å². The van der Waals surface area contributed by atoms with Crippen LogP contribution in [-0.2, 0) is 11.2 Å². The van der Waals surface area contributed by atoms with E-state index in [0.29, 0.717) is 19.5 Å². The summed E-state index contributed by atoms with van der Waals surface area (Å²) in [6, 6.07) is 4.12. The number of nitrogens with one attached hydrogen (secondary N) is 1. The van der Waals surface area contributed by atoms with Crippen LogP contribution in [0.15, 0.2) is 18.2 Å². The molecule has 126 valence electrons. The summed E-state index contributed by atoms with van der Waals surface area (Å²) in [7, 11) is 0. The van der Waals surface area contributed by atoms with E-state index >= 15 is 0 Å². The Morgan fingerprint density at radius 2 is 2.00 bits per heavy atom. The van der Waals surface area contributed by atoms with Gasteiger partial charge < -0.3 is 31.5 Å². The van der Waals surface area contributed by atoms with Crippen molar-refractivity contribution in [2.45, 2.75) is 32.2 Å². The van der Waals surface area contributed by atoms with Gasteiger partial charge in [-0.1, -0.05) is 13.0 Å². The molecule has 0 aliphatic heterocycles. The fourth-order valence-corrected chi connectivity index (χ4v) is 1.65. The van der Waals surface area contributed by atoms with Gasteiger partial charge in [0, 0.05) is 6.61 Å². The molecule has 1 rings (SSSR count). The Hall–Kier alpha value is -1.83. The van der Waals surface area contributed by atoms with Crippen molar-refractivity contribution in [1.82, 2.24) is 5.32 Å². The smallest absolute Gasteiger partial charge is 0.320 e. The van der Waals surface area contributed by atoms with Crippen LogP contribution in [0.1, 0.15) is 25.3 Å². The van der Waals surface area contributed by atoms with Crippen molar-refractivity contribution >= 4 is 5.97 Å². The van der Waals surface area contributed by atoms with Crippen LogP contribution in [0.4, 0.5) is 0 Å². The molecule has 0 aromatic heterocycles. The molecule has 0 aliphatic carbocycles. The van der Waals surface area contributed by atoms with Gasteiger partial charge in [-0.05, 0) is 50.0 Å². The van der Waals surface area contributed by atoms with E-state index < -0.39 is 12.0 Å². The van der Waals surface area contributed by atoms with Gasteiger partial charge in [0.05, 0.1) is 0 Å².